The first kappa shape index (κ1) is 16.4. The second-order valence-electron chi connectivity index (χ2n) is 6.06. The quantitative estimate of drug-likeness (QED) is 0.649. The first-order valence-electron chi connectivity index (χ1n) is 8.63. The summed E-state index contributed by atoms with van der Waals surface area (Å²) in [4.78, 5) is 4.35. The molecule has 2 heterocycles. The Morgan fingerprint density at radius 1 is 1.00 bits per heavy atom. The highest BCUT2D eigenvalue weighted by molar-refractivity contribution is 5.92. The molecule has 0 bridgehead atoms. The van der Waals surface area contributed by atoms with Crippen LogP contribution in [0.3, 0.4) is 0 Å². The van der Waals surface area contributed by atoms with Crippen molar-refractivity contribution in [2.24, 2.45) is 10.7 Å². The molecule has 7 heteroatoms. The smallest absolute Gasteiger partial charge is 0.193 e. The number of hydrogen-bond donors (Lipinski definition) is 2. The molecule has 0 spiro atoms. The predicted molar refractivity (Wildman–Crippen MR) is 98.5 cm³/mol. The fourth-order valence-corrected chi connectivity index (χ4v) is 2.78. The van der Waals surface area contributed by atoms with Crippen molar-refractivity contribution in [2.75, 3.05) is 31.7 Å². The Bertz CT molecular complexity index is 809. The topological polar surface area (TPSA) is 87.3 Å². The summed E-state index contributed by atoms with van der Waals surface area (Å²) in [5.41, 5.74) is 6.79. The summed E-state index contributed by atoms with van der Waals surface area (Å²) in [7, 11) is 0. The van der Waals surface area contributed by atoms with Crippen LogP contribution in [-0.2, 0) is 0 Å². The van der Waals surface area contributed by atoms with E-state index in [9.17, 15) is 0 Å². The molecule has 2 aliphatic heterocycles. The molecular weight excluding hydrogens is 334 g/mol. The van der Waals surface area contributed by atoms with E-state index >= 15 is 0 Å². The van der Waals surface area contributed by atoms with Crippen LogP contribution < -0.4 is 30.0 Å². The standard InChI is InChI=1S/C19H21N3O4/c20-19(21-11-14-12-25-15-4-1-2-5-17(15)26-14)22-13-6-7-16-18(10-13)24-9-3-8-23-16/h1-2,4-7,10,14H,3,8-9,11-12H2,(H3,20,21,22). The Labute approximate surface area is 151 Å². The van der Waals surface area contributed by atoms with Gasteiger partial charge in [0.2, 0.25) is 0 Å². The first-order valence-corrected chi connectivity index (χ1v) is 8.63. The fraction of sp³-hybridized carbons (Fsp3) is 0.316. The lowest BCUT2D eigenvalue weighted by Gasteiger charge is -2.25. The van der Waals surface area contributed by atoms with Crippen molar-refractivity contribution in [1.29, 1.82) is 0 Å². The van der Waals surface area contributed by atoms with Gasteiger partial charge in [-0.25, -0.2) is 4.99 Å². The molecule has 2 aromatic carbocycles. The van der Waals surface area contributed by atoms with Gasteiger partial charge in [-0.3, -0.25) is 0 Å². The summed E-state index contributed by atoms with van der Waals surface area (Å²) in [6.45, 7) is 2.14. The maximum atomic E-state index is 5.99. The molecule has 0 saturated heterocycles. The molecule has 0 fully saturated rings. The molecule has 0 aromatic heterocycles. The Morgan fingerprint density at radius 2 is 1.77 bits per heavy atom. The first-order chi connectivity index (χ1) is 12.8. The second kappa shape index (κ2) is 7.43. The number of nitrogens with zero attached hydrogens (tertiary/aromatic N) is 1. The van der Waals surface area contributed by atoms with Crippen LogP contribution in [0.2, 0.25) is 0 Å². The van der Waals surface area contributed by atoms with E-state index in [2.05, 4.69) is 10.3 Å². The SMILES string of the molecule is NC(=NCC1COc2ccccc2O1)Nc1ccc2c(c1)OCCCO2. The number of hydrogen-bond acceptors (Lipinski definition) is 5. The number of nitrogens with two attached hydrogens (primary N) is 1. The van der Waals surface area contributed by atoms with Gasteiger partial charge in [-0.15, -0.1) is 0 Å². The van der Waals surface area contributed by atoms with Crippen molar-refractivity contribution >= 4 is 11.6 Å². The summed E-state index contributed by atoms with van der Waals surface area (Å²) in [6.07, 6.45) is 0.696. The van der Waals surface area contributed by atoms with E-state index in [-0.39, 0.29) is 6.10 Å². The van der Waals surface area contributed by atoms with Gasteiger partial charge in [0.25, 0.3) is 0 Å². The maximum absolute atomic E-state index is 5.99. The monoisotopic (exact) mass is 355 g/mol. The van der Waals surface area contributed by atoms with E-state index in [1.807, 2.05) is 42.5 Å². The zero-order valence-electron chi connectivity index (χ0n) is 14.3. The lowest BCUT2D eigenvalue weighted by molar-refractivity contribution is 0.0972. The number of ether oxygens (including phenoxy) is 4. The van der Waals surface area contributed by atoms with Crippen LogP contribution in [0.5, 0.6) is 23.0 Å². The summed E-state index contributed by atoms with van der Waals surface area (Å²) in [5, 5.41) is 3.07. The van der Waals surface area contributed by atoms with Crippen molar-refractivity contribution in [3.8, 4) is 23.0 Å². The van der Waals surface area contributed by atoms with Gasteiger partial charge in [-0.1, -0.05) is 12.1 Å². The highest BCUT2D eigenvalue weighted by Gasteiger charge is 2.20. The third kappa shape index (κ3) is 3.77. The van der Waals surface area contributed by atoms with Gasteiger partial charge >= 0.3 is 0 Å². The van der Waals surface area contributed by atoms with Gasteiger partial charge in [-0.2, -0.15) is 0 Å². The van der Waals surface area contributed by atoms with Crippen LogP contribution in [-0.4, -0.2) is 38.4 Å². The van der Waals surface area contributed by atoms with Gasteiger partial charge in [0.05, 0.1) is 19.8 Å². The Hall–Kier alpha value is -3.09. The zero-order chi connectivity index (χ0) is 17.8. The lowest BCUT2D eigenvalue weighted by Crippen LogP contribution is -2.33. The summed E-state index contributed by atoms with van der Waals surface area (Å²) in [6, 6.07) is 13.2. The number of guanidine groups is 1. The molecule has 3 N–H and O–H groups in total. The number of benzene rings is 2. The van der Waals surface area contributed by atoms with E-state index < -0.39 is 0 Å². The molecule has 1 atom stereocenters. The van der Waals surface area contributed by atoms with E-state index in [0.717, 1.165) is 29.4 Å². The van der Waals surface area contributed by atoms with Crippen molar-refractivity contribution in [3.05, 3.63) is 42.5 Å². The number of aliphatic imine (C=N–C) groups is 1. The highest BCUT2D eigenvalue weighted by atomic mass is 16.6. The van der Waals surface area contributed by atoms with Crippen LogP contribution in [0, 0.1) is 0 Å². The van der Waals surface area contributed by atoms with Crippen LogP contribution in [0.15, 0.2) is 47.5 Å². The van der Waals surface area contributed by atoms with Gasteiger partial charge in [-0.05, 0) is 24.3 Å². The van der Waals surface area contributed by atoms with Crippen LogP contribution in [0.4, 0.5) is 5.69 Å². The maximum Gasteiger partial charge on any atom is 0.193 e. The minimum Gasteiger partial charge on any atom is -0.490 e. The molecular formula is C19H21N3O4. The van der Waals surface area contributed by atoms with Crippen molar-refractivity contribution in [3.63, 3.8) is 0 Å². The molecule has 1 unspecified atom stereocenters. The third-order valence-corrected chi connectivity index (χ3v) is 4.05. The zero-order valence-corrected chi connectivity index (χ0v) is 14.3. The summed E-state index contributed by atoms with van der Waals surface area (Å²) < 4.78 is 22.8. The number of para-hydroxylation sites is 2. The number of nitrogens with one attached hydrogen (secondary N) is 1. The molecule has 0 saturated carbocycles. The molecule has 136 valence electrons. The Kier molecular flexibility index (Phi) is 4.68. The lowest BCUT2D eigenvalue weighted by atomic mass is 10.2. The van der Waals surface area contributed by atoms with Crippen LogP contribution in [0.1, 0.15) is 6.42 Å². The minimum absolute atomic E-state index is 0.172. The van der Waals surface area contributed by atoms with E-state index in [0.29, 0.717) is 38.1 Å². The predicted octanol–water partition coefficient (Wildman–Crippen LogP) is 2.41. The van der Waals surface area contributed by atoms with Crippen LogP contribution in [0.25, 0.3) is 0 Å². The molecule has 26 heavy (non-hydrogen) atoms. The third-order valence-electron chi connectivity index (χ3n) is 4.05. The average Bonchev–Trinajstić information content (AvgIpc) is 2.91. The van der Waals surface area contributed by atoms with Crippen molar-refractivity contribution in [2.45, 2.75) is 12.5 Å². The van der Waals surface area contributed by atoms with E-state index in [4.69, 9.17) is 24.7 Å². The largest absolute Gasteiger partial charge is 0.490 e. The molecule has 0 radical (unpaired) electrons. The Balaban J connectivity index is 1.36. The van der Waals surface area contributed by atoms with Crippen LogP contribution >= 0.6 is 0 Å². The number of fused-ring (bicyclic) bond motifs is 2. The Morgan fingerprint density at radius 3 is 2.65 bits per heavy atom. The summed E-state index contributed by atoms with van der Waals surface area (Å²) >= 11 is 0. The molecule has 2 aliphatic rings. The highest BCUT2D eigenvalue weighted by Crippen LogP contribution is 2.32. The number of anilines is 1. The second-order valence-corrected chi connectivity index (χ2v) is 6.06. The number of rotatable bonds is 3. The molecule has 4 rings (SSSR count). The summed E-state index contributed by atoms with van der Waals surface area (Å²) in [5.74, 6) is 3.25. The van der Waals surface area contributed by atoms with Gasteiger partial charge in [0.1, 0.15) is 6.61 Å². The van der Waals surface area contributed by atoms with Crippen molar-refractivity contribution < 1.29 is 18.9 Å². The molecule has 0 amide bonds. The molecule has 7 nitrogen and oxygen atoms in total. The average molecular weight is 355 g/mol. The normalized spacial score (nSPS) is 18.8. The fourth-order valence-electron chi connectivity index (χ4n) is 2.78. The van der Waals surface area contributed by atoms with Gasteiger partial charge < -0.3 is 30.0 Å². The minimum atomic E-state index is -0.172. The van der Waals surface area contributed by atoms with E-state index in [1.165, 1.54) is 0 Å². The molecule has 2 aromatic rings. The molecule has 0 aliphatic carbocycles. The van der Waals surface area contributed by atoms with Gasteiger partial charge in [0, 0.05) is 18.2 Å². The van der Waals surface area contributed by atoms with Crippen molar-refractivity contribution in [1.82, 2.24) is 0 Å². The van der Waals surface area contributed by atoms with Gasteiger partial charge in [0.15, 0.2) is 35.1 Å². The van der Waals surface area contributed by atoms with E-state index in [1.54, 1.807) is 0 Å².